The Labute approximate surface area is 143 Å². The third kappa shape index (κ3) is 4.04. The molecule has 1 amide bonds. The lowest BCUT2D eigenvalue weighted by Gasteiger charge is -2.22. The van der Waals surface area contributed by atoms with Gasteiger partial charge in [-0.2, -0.15) is 13.2 Å². The summed E-state index contributed by atoms with van der Waals surface area (Å²) in [4.78, 5) is 18.2. The Hall–Kier alpha value is -2.13. The molecule has 0 unspecified atom stereocenters. The average Bonchev–Trinajstić information content (AvgIpc) is 3.25. The molecule has 24 heavy (non-hydrogen) atoms. The van der Waals surface area contributed by atoms with Crippen molar-refractivity contribution in [1.82, 2.24) is 9.88 Å². The summed E-state index contributed by atoms with van der Waals surface area (Å²) in [5.74, 6) is -0.496. The summed E-state index contributed by atoms with van der Waals surface area (Å²) < 4.78 is 43.4. The van der Waals surface area contributed by atoms with Crippen molar-refractivity contribution in [3.63, 3.8) is 0 Å². The Morgan fingerprint density at radius 1 is 1.25 bits per heavy atom. The molecular weight excluding hydrogens is 361 g/mol. The third-order valence-corrected chi connectivity index (χ3v) is 4.92. The van der Waals surface area contributed by atoms with Gasteiger partial charge in [-0.25, -0.2) is 4.98 Å². The second kappa shape index (κ2) is 6.78. The summed E-state index contributed by atoms with van der Waals surface area (Å²) in [6.07, 6.45) is -3.15. The minimum Gasteiger partial charge on any atom is -0.467 e. The van der Waals surface area contributed by atoms with Gasteiger partial charge < -0.3 is 9.32 Å². The molecule has 3 heterocycles. The van der Waals surface area contributed by atoms with Crippen LogP contribution in [0.25, 0.3) is 9.88 Å². The van der Waals surface area contributed by atoms with Crippen molar-refractivity contribution in [2.75, 3.05) is 6.54 Å². The molecule has 9 heteroatoms. The van der Waals surface area contributed by atoms with Crippen LogP contribution in [-0.4, -0.2) is 28.5 Å². The smallest absolute Gasteiger partial charge is 0.406 e. The van der Waals surface area contributed by atoms with Crippen molar-refractivity contribution in [2.24, 2.45) is 0 Å². The highest BCUT2D eigenvalue weighted by Crippen LogP contribution is 2.29. The number of carbonyl (C=O) groups excluding carboxylic acids is 1. The number of hydrogen-bond acceptors (Lipinski definition) is 5. The van der Waals surface area contributed by atoms with E-state index in [1.54, 1.807) is 6.07 Å². The van der Waals surface area contributed by atoms with Gasteiger partial charge in [-0.1, -0.05) is 6.07 Å². The van der Waals surface area contributed by atoms with Crippen LogP contribution in [-0.2, 0) is 6.54 Å². The van der Waals surface area contributed by atoms with Crippen LogP contribution in [0.1, 0.15) is 16.2 Å². The number of halogens is 3. The maximum atomic E-state index is 12.8. The van der Waals surface area contributed by atoms with Crippen LogP contribution < -0.4 is 0 Å². The average molecular weight is 372 g/mol. The first-order valence-electron chi connectivity index (χ1n) is 6.80. The lowest BCUT2D eigenvalue weighted by atomic mass is 10.3. The van der Waals surface area contributed by atoms with Crippen LogP contribution >= 0.6 is 22.7 Å². The molecule has 0 saturated heterocycles. The molecule has 0 fully saturated rings. The second-order valence-electron chi connectivity index (χ2n) is 4.87. The Morgan fingerprint density at radius 2 is 2.08 bits per heavy atom. The summed E-state index contributed by atoms with van der Waals surface area (Å²) in [5, 5.41) is 3.95. The van der Waals surface area contributed by atoms with Gasteiger partial charge in [-0.15, -0.1) is 22.7 Å². The number of hydrogen-bond donors (Lipinski definition) is 0. The predicted molar refractivity (Wildman–Crippen MR) is 84.9 cm³/mol. The Bertz CT molecular complexity index is 795. The van der Waals surface area contributed by atoms with Crippen LogP contribution in [0.4, 0.5) is 13.2 Å². The number of amides is 1. The lowest BCUT2D eigenvalue weighted by Crippen LogP contribution is -2.38. The van der Waals surface area contributed by atoms with Gasteiger partial charge in [0.2, 0.25) is 0 Å². The molecular formula is C15H11F3N2O2S2. The normalized spacial score (nSPS) is 11.6. The first-order valence-corrected chi connectivity index (χ1v) is 8.56. The van der Waals surface area contributed by atoms with Crippen molar-refractivity contribution >= 4 is 28.6 Å². The fourth-order valence-corrected chi connectivity index (χ4v) is 3.66. The fraction of sp³-hybridized carbons (Fsp3) is 0.200. The summed E-state index contributed by atoms with van der Waals surface area (Å²) in [6, 6.07) is 6.77. The van der Waals surface area contributed by atoms with Gasteiger partial charge in [-0.05, 0) is 23.6 Å². The zero-order valence-corrected chi connectivity index (χ0v) is 13.7. The minimum atomic E-state index is -4.51. The molecule has 0 aliphatic carbocycles. The van der Waals surface area contributed by atoms with Crippen LogP contribution in [0, 0.1) is 0 Å². The van der Waals surface area contributed by atoms with Gasteiger partial charge in [0.05, 0.1) is 17.7 Å². The number of rotatable bonds is 5. The molecule has 0 radical (unpaired) electrons. The van der Waals surface area contributed by atoms with Crippen LogP contribution in [0.15, 0.2) is 45.7 Å². The van der Waals surface area contributed by atoms with E-state index in [1.807, 2.05) is 17.5 Å². The Balaban J connectivity index is 1.82. The van der Waals surface area contributed by atoms with E-state index >= 15 is 0 Å². The molecule has 0 N–H and O–H groups in total. The van der Waals surface area contributed by atoms with E-state index in [0.717, 1.165) is 4.88 Å². The zero-order valence-electron chi connectivity index (χ0n) is 12.1. The van der Waals surface area contributed by atoms with E-state index in [1.165, 1.54) is 40.4 Å². The molecule has 126 valence electrons. The number of thiazole rings is 1. The summed E-state index contributed by atoms with van der Waals surface area (Å²) in [5.41, 5.74) is -0.000735. The fourth-order valence-electron chi connectivity index (χ4n) is 2.05. The van der Waals surface area contributed by atoms with Gasteiger partial charge in [0.15, 0.2) is 0 Å². The van der Waals surface area contributed by atoms with Crippen molar-refractivity contribution in [1.29, 1.82) is 0 Å². The highest BCUT2D eigenvalue weighted by atomic mass is 32.1. The van der Waals surface area contributed by atoms with Gasteiger partial charge in [0.25, 0.3) is 5.91 Å². The highest BCUT2D eigenvalue weighted by molar-refractivity contribution is 7.20. The predicted octanol–water partition coefficient (Wildman–Crippen LogP) is 4.67. The topological polar surface area (TPSA) is 46.3 Å². The maximum Gasteiger partial charge on any atom is 0.406 e. The summed E-state index contributed by atoms with van der Waals surface area (Å²) in [7, 11) is 0. The number of nitrogens with zero attached hydrogens (tertiary/aromatic N) is 2. The molecule has 0 aliphatic heterocycles. The Morgan fingerprint density at radius 3 is 2.71 bits per heavy atom. The molecule has 3 aromatic heterocycles. The van der Waals surface area contributed by atoms with Crippen molar-refractivity contribution in [2.45, 2.75) is 12.7 Å². The molecule has 3 rings (SSSR count). The van der Waals surface area contributed by atoms with E-state index in [9.17, 15) is 18.0 Å². The molecule has 0 aromatic carbocycles. The van der Waals surface area contributed by atoms with Gasteiger partial charge in [0.1, 0.15) is 23.0 Å². The van der Waals surface area contributed by atoms with Crippen LogP contribution in [0.2, 0.25) is 0 Å². The number of carbonyl (C=O) groups is 1. The van der Waals surface area contributed by atoms with Gasteiger partial charge in [0, 0.05) is 5.38 Å². The standard InChI is InChI=1S/C15H11F3N2O2S2/c16-15(17,18)9-20(7-10-3-1-5-22-10)14(21)11-8-24-13(19-11)12-4-2-6-23-12/h1-6,8H,7,9H2. The van der Waals surface area contributed by atoms with E-state index in [0.29, 0.717) is 9.91 Å². The van der Waals surface area contributed by atoms with Crippen molar-refractivity contribution in [3.05, 3.63) is 52.7 Å². The van der Waals surface area contributed by atoms with E-state index in [2.05, 4.69) is 4.98 Å². The largest absolute Gasteiger partial charge is 0.467 e. The Kier molecular flexibility index (Phi) is 4.72. The highest BCUT2D eigenvalue weighted by Gasteiger charge is 2.34. The summed E-state index contributed by atoms with van der Waals surface area (Å²) in [6.45, 7) is -1.63. The molecule has 3 aromatic rings. The van der Waals surface area contributed by atoms with Crippen molar-refractivity contribution in [3.8, 4) is 9.88 Å². The van der Waals surface area contributed by atoms with Crippen LogP contribution in [0.3, 0.4) is 0 Å². The molecule has 0 spiro atoms. The van der Waals surface area contributed by atoms with Gasteiger partial charge in [-0.3, -0.25) is 4.79 Å². The molecule has 0 saturated carbocycles. The zero-order chi connectivity index (χ0) is 17.2. The SMILES string of the molecule is O=C(c1csc(-c2cccs2)n1)N(Cc1ccco1)CC(F)(F)F. The number of aromatic nitrogens is 1. The first kappa shape index (κ1) is 16.7. The third-order valence-electron chi connectivity index (χ3n) is 3.04. The quantitative estimate of drug-likeness (QED) is 0.654. The number of alkyl halides is 3. The maximum absolute atomic E-state index is 12.8. The van der Waals surface area contributed by atoms with E-state index in [-0.39, 0.29) is 18.0 Å². The molecule has 0 bridgehead atoms. The molecule has 4 nitrogen and oxygen atoms in total. The van der Waals surface area contributed by atoms with Crippen molar-refractivity contribution < 1.29 is 22.4 Å². The second-order valence-corrected chi connectivity index (χ2v) is 6.68. The van der Waals surface area contributed by atoms with Gasteiger partial charge >= 0.3 is 6.18 Å². The monoisotopic (exact) mass is 372 g/mol. The number of thiophene rings is 1. The molecule has 0 aliphatic rings. The molecule has 0 atom stereocenters. The lowest BCUT2D eigenvalue weighted by molar-refractivity contribution is -0.142. The van der Waals surface area contributed by atoms with E-state index in [4.69, 9.17) is 4.42 Å². The summed E-state index contributed by atoms with van der Waals surface area (Å²) >= 11 is 2.68. The number of furan rings is 1. The van der Waals surface area contributed by atoms with Crippen LogP contribution in [0.5, 0.6) is 0 Å². The first-order chi connectivity index (χ1) is 11.4. The van der Waals surface area contributed by atoms with E-state index < -0.39 is 18.6 Å². The minimum absolute atomic E-state index is 0.000735.